The Balaban J connectivity index is 2.24. The Morgan fingerprint density at radius 2 is 1.80 bits per heavy atom. The predicted octanol–water partition coefficient (Wildman–Crippen LogP) is 4.05. The van der Waals surface area contributed by atoms with Gasteiger partial charge >= 0.3 is 5.97 Å². The van der Waals surface area contributed by atoms with E-state index in [1.54, 1.807) is 18.2 Å². The first-order chi connectivity index (χ1) is 9.47. The summed E-state index contributed by atoms with van der Waals surface area (Å²) in [6.07, 6.45) is 0. The van der Waals surface area contributed by atoms with Gasteiger partial charge in [0.25, 0.3) is 5.91 Å². The number of carboxylic acids is 1. The maximum Gasteiger partial charge on any atom is 0.335 e. The molecule has 2 N–H and O–H groups in total. The topological polar surface area (TPSA) is 66.4 Å². The summed E-state index contributed by atoms with van der Waals surface area (Å²) in [6, 6.07) is 10.8. The SMILES string of the molecule is O=C(O)c1cccc(C(=O)Nc2ccc(Br)cc2Cl)c1. The molecule has 0 spiro atoms. The maximum absolute atomic E-state index is 12.1. The number of carboxylic acid groups (broad SMARTS) is 1. The van der Waals surface area contributed by atoms with E-state index in [0.717, 1.165) is 4.47 Å². The minimum Gasteiger partial charge on any atom is -0.478 e. The number of aromatic carboxylic acids is 1. The molecule has 0 radical (unpaired) electrons. The fourth-order valence-electron chi connectivity index (χ4n) is 1.58. The lowest BCUT2D eigenvalue weighted by molar-refractivity contribution is 0.0697. The molecule has 0 unspecified atom stereocenters. The summed E-state index contributed by atoms with van der Waals surface area (Å²) < 4.78 is 0.799. The molecule has 6 heteroatoms. The number of halogens is 2. The summed E-state index contributed by atoms with van der Waals surface area (Å²) in [5.41, 5.74) is 0.768. The van der Waals surface area contributed by atoms with E-state index in [0.29, 0.717) is 10.7 Å². The Kier molecular flexibility index (Phi) is 4.42. The molecule has 0 saturated heterocycles. The second-order valence-corrected chi connectivity index (χ2v) is 5.29. The van der Waals surface area contributed by atoms with E-state index in [1.165, 1.54) is 24.3 Å². The van der Waals surface area contributed by atoms with Gasteiger partial charge in [-0.05, 0) is 36.4 Å². The second kappa shape index (κ2) is 6.07. The molecule has 0 bridgehead atoms. The van der Waals surface area contributed by atoms with Crippen molar-refractivity contribution in [1.82, 2.24) is 0 Å². The lowest BCUT2D eigenvalue weighted by Crippen LogP contribution is -2.13. The standard InChI is InChI=1S/C14H9BrClNO3/c15-10-4-5-12(11(16)7-10)17-13(18)8-2-1-3-9(6-8)14(19)20/h1-7H,(H,17,18)(H,19,20). The van der Waals surface area contributed by atoms with Crippen molar-refractivity contribution in [1.29, 1.82) is 0 Å². The highest BCUT2D eigenvalue weighted by Crippen LogP contribution is 2.26. The molecule has 0 aromatic heterocycles. The highest BCUT2D eigenvalue weighted by atomic mass is 79.9. The summed E-state index contributed by atoms with van der Waals surface area (Å²) in [5, 5.41) is 11.9. The molecule has 2 aromatic carbocycles. The molecule has 0 atom stereocenters. The van der Waals surface area contributed by atoms with Gasteiger partial charge in [-0.2, -0.15) is 0 Å². The van der Waals surface area contributed by atoms with Crippen molar-refractivity contribution in [3.63, 3.8) is 0 Å². The van der Waals surface area contributed by atoms with Gasteiger partial charge in [0, 0.05) is 10.0 Å². The van der Waals surface area contributed by atoms with Crippen molar-refractivity contribution >= 4 is 45.1 Å². The number of benzene rings is 2. The van der Waals surface area contributed by atoms with E-state index in [2.05, 4.69) is 21.2 Å². The second-order valence-electron chi connectivity index (χ2n) is 3.96. The summed E-state index contributed by atoms with van der Waals surface area (Å²) in [7, 11) is 0. The van der Waals surface area contributed by atoms with Gasteiger partial charge in [-0.25, -0.2) is 4.79 Å². The molecule has 0 aliphatic rings. The molecule has 102 valence electrons. The quantitative estimate of drug-likeness (QED) is 0.874. The lowest BCUT2D eigenvalue weighted by Gasteiger charge is -2.08. The summed E-state index contributed by atoms with van der Waals surface area (Å²) in [4.78, 5) is 22.9. The van der Waals surface area contributed by atoms with Crippen LogP contribution in [0.4, 0.5) is 5.69 Å². The van der Waals surface area contributed by atoms with Crippen molar-refractivity contribution in [2.75, 3.05) is 5.32 Å². The third-order valence-corrected chi connectivity index (χ3v) is 3.36. The van der Waals surface area contributed by atoms with Gasteiger partial charge in [-0.1, -0.05) is 33.6 Å². The van der Waals surface area contributed by atoms with Gasteiger partial charge in [0.05, 0.1) is 16.3 Å². The number of hydrogen-bond donors (Lipinski definition) is 2. The third kappa shape index (κ3) is 3.37. The first-order valence-electron chi connectivity index (χ1n) is 5.57. The minimum atomic E-state index is -1.08. The first kappa shape index (κ1) is 14.6. The highest BCUT2D eigenvalue weighted by Gasteiger charge is 2.11. The van der Waals surface area contributed by atoms with Crippen LogP contribution in [0.15, 0.2) is 46.9 Å². The summed E-state index contributed by atoms with van der Waals surface area (Å²) in [5.74, 6) is -1.50. The van der Waals surface area contributed by atoms with Gasteiger partial charge in [-0.3, -0.25) is 4.79 Å². The van der Waals surface area contributed by atoms with Crippen LogP contribution in [0.3, 0.4) is 0 Å². The van der Waals surface area contributed by atoms with E-state index in [9.17, 15) is 9.59 Å². The Hall–Kier alpha value is -1.85. The number of anilines is 1. The molecule has 0 aliphatic carbocycles. The molecule has 20 heavy (non-hydrogen) atoms. The zero-order valence-electron chi connectivity index (χ0n) is 10.1. The number of amides is 1. The van der Waals surface area contributed by atoms with Crippen LogP contribution < -0.4 is 5.32 Å². The third-order valence-electron chi connectivity index (χ3n) is 2.55. The van der Waals surface area contributed by atoms with Crippen LogP contribution in [0.2, 0.25) is 5.02 Å². The van der Waals surface area contributed by atoms with Crippen LogP contribution in [0, 0.1) is 0 Å². The van der Waals surface area contributed by atoms with E-state index in [4.69, 9.17) is 16.7 Å². The fourth-order valence-corrected chi connectivity index (χ4v) is 2.30. The number of nitrogens with one attached hydrogen (secondary N) is 1. The Bertz CT molecular complexity index is 688. The average Bonchev–Trinajstić information content (AvgIpc) is 2.42. The van der Waals surface area contributed by atoms with Crippen LogP contribution in [0.1, 0.15) is 20.7 Å². The fraction of sp³-hybridized carbons (Fsp3) is 0. The van der Waals surface area contributed by atoms with Crippen molar-refractivity contribution in [2.45, 2.75) is 0 Å². The Morgan fingerprint density at radius 1 is 1.10 bits per heavy atom. The number of carbonyl (C=O) groups is 2. The van der Waals surface area contributed by atoms with E-state index < -0.39 is 11.9 Å². The summed E-state index contributed by atoms with van der Waals surface area (Å²) >= 11 is 9.27. The highest BCUT2D eigenvalue weighted by molar-refractivity contribution is 9.10. The molecular weight excluding hydrogens is 346 g/mol. The molecule has 0 saturated carbocycles. The summed E-state index contributed by atoms with van der Waals surface area (Å²) in [6.45, 7) is 0. The maximum atomic E-state index is 12.1. The first-order valence-corrected chi connectivity index (χ1v) is 6.74. The zero-order chi connectivity index (χ0) is 14.7. The van der Waals surface area contributed by atoms with Crippen LogP contribution in [0.5, 0.6) is 0 Å². The zero-order valence-corrected chi connectivity index (χ0v) is 12.4. The van der Waals surface area contributed by atoms with Crippen molar-refractivity contribution in [2.24, 2.45) is 0 Å². The van der Waals surface area contributed by atoms with Gasteiger partial charge in [0.15, 0.2) is 0 Å². The molecule has 0 aliphatic heterocycles. The number of hydrogen-bond acceptors (Lipinski definition) is 2. The molecule has 0 fully saturated rings. The number of carbonyl (C=O) groups excluding carboxylic acids is 1. The van der Waals surface area contributed by atoms with Crippen LogP contribution in [-0.4, -0.2) is 17.0 Å². The van der Waals surface area contributed by atoms with Gasteiger partial charge in [0.1, 0.15) is 0 Å². The van der Waals surface area contributed by atoms with E-state index in [-0.39, 0.29) is 11.1 Å². The molecule has 2 aromatic rings. The number of rotatable bonds is 3. The van der Waals surface area contributed by atoms with E-state index in [1.807, 2.05) is 0 Å². The van der Waals surface area contributed by atoms with Gasteiger partial charge < -0.3 is 10.4 Å². The van der Waals surface area contributed by atoms with Crippen LogP contribution >= 0.6 is 27.5 Å². The van der Waals surface area contributed by atoms with Crippen molar-refractivity contribution < 1.29 is 14.7 Å². The largest absolute Gasteiger partial charge is 0.478 e. The van der Waals surface area contributed by atoms with Crippen LogP contribution in [0.25, 0.3) is 0 Å². The molecule has 0 heterocycles. The Morgan fingerprint density at radius 3 is 2.45 bits per heavy atom. The lowest BCUT2D eigenvalue weighted by atomic mass is 10.1. The Labute approximate surface area is 128 Å². The molecule has 4 nitrogen and oxygen atoms in total. The van der Waals surface area contributed by atoms with Crippen LogP contribution in [-0.2, 0) is 0 Å². The molecular formula is C14H9BrClNO3. The average molecular weight is 355 g/mol. The van der Waals surface area contributed by atoms with Gasteiger partial charge in [0.2, 0.25) is 0 Å². The molecule has 2 rings (SSSR count). The minimum absolute atomic E-state index is 0.0551. The monoisotopic (exact) mass is 353 g/mol. The normalized spacial score (nSPS) is 10.1. The predicted molar refractivity (Wildman–Crippen MR) is 80.5 cm³/mol. The smallest absolute Gasteiger partial charge is 0.335 e. The van der Waals surface area contributed by atoms with Crippen molar-refractivity contribution in [3.8, 4) is 0 Å². The van der Waals surface area contributed by atoms with E-state index >= 15 is 0 Å². The van der Waals surface area contributed by atoms with Crippen molar-refractivity contribution in [3.05, 3.63) is 63.1 Å². The molecule has 1 amide bonds. The van der Waals surface area contributed by atoms with Gasteiger partial charge in [-0.15, -0.1) is 0 Å².